The number of pyridine rings is 1. The molecule has 0 bridgehead atoms. The number of hydrogen-bond donors (Lipinski definition) is 3. The second-order valence-electron chi connectivity index (χ2n) is 5.28. The molecule has 1 fully saturated rings. The third-order valence-corrected chi connectivity index (χ3v) is 4.91. The van der Waals surface area contributed by atoms with Crippen molar-refractivity contribution in [1.82, 2.24) is 9.63 Å². The van der Waals surface area contributed by atoms with E-state index in [4.69, 9.17) is 9.94 Å². The molecule has 0 spiro atoms. The molecule has 1 unspecified atom stereocenters. The SMILES string of the molecule is O=C(O)C1=C(C=NOCc2cc(=O)c(O)cn2O)CSC2CC(=O)N12. The van der Waals surface area contributed by atoms with Gasteiger partial charge in [-0.2, -0.15) is 4.73 Å². The number of β-lactam (4-membered cyclic amide) rings is 1. The van der Waals surface area contributed by atoms with Gasteiger partial charge in [0.25, 0.3) is 0 Å². The third kappa shape index (κ3) is 3.18. The zero-order chi connectivity index (χ0) is 18.1. The normalized spacial score (nSPS) is 19.8. The van der Waals surface area contributed by atoms with Gasteiger partial charge in [0.05, 0.1) is 24.2 Å². The van der Waals surface area contributed by atoms with Gasteiger partial charge in [-0.25, -0.2) is 4.79 Å². The van der Waals surface area contributed by atoms with Crippen molar-refractivity contribution < 1.29 is 29.8 Å². The fourth-order valence-electron chi connectivity index (χ4n) is 2.40. The Morgan fingerprint density at radius 1 is 1.48 bits per heavy atom. The van der Waals surface area contributed by atoms with E-state index >= 15 is 0 Å². The van der Waals surface area contributed by atoms with Crippen LogP contribution in [0.15, 0.2) is 33.5 Å². The van der Waals surface area contributed by atoms with Gasteiger partial charge < -0.3 is 20.3 Å². The van der Waals surface area contributed by atoms with Crippen LogP contribution >= 0.6 is 11.8 Å². The first-order chi connectivity index (χ1) is 11.9. The van der Waals surface area contributed by atoms with Crippen molar-refractivity contribution in [2.24, 2.45) is 5.16 Å². The first-order valence-electron chi connectivity index (χ1n) is 7.07. The highest BCUT2D eigenvalue weighted by molar-refractivity contribution is 8.00. The van der Waals surface area contributed by atoms with Crippen LogP contribution in [0.2, 0.25) is 0 Å². The van der Waals surface area contributed by atoms with Crippen LogP contribution in [-0.4, -0.2) is 54.3 Å². The van der Waals surface area contributed by atoms with Crippen LogP contribution in [0.1, 0.15) is 12.1 Å². The molecule has 2 aliphatic rings. The van der Waals surface area contributed by atoms with Gasteiger partial charge in [-0.3, -0.25) is 14.5 Å². The predicted molar refractivity (Wildman–Crippen MR) is 85.2 cm³/mol. The third-order valence-electron chi connectivity index (χ3n) is 3.67. The van der Waals surface area contributed by atoms with Gasteiger partial charge in [0.2, 0.25) is 11.3 Å². The first-order valence-corrected chi connectivity index (χ1v) is 8.12. The smallest absolute Gasteiger partial charge is 0.353 e. The van der Waals surface area contributed by atoms with Crippen LogP contribution in [0.4, 0.5) is 0 Å². The Bertz CT molecular complexity index is 860. The Hall–Kier alpha value is -2.95. The van der Waals surface area contributed by atoms with Crippen LogP contribution in [-0.2, 0) is 21.0 Å². The van der Waals surface area contributed by atoms with E-state index in [9.17, 15) is 24.7 Å². The van der Waals surface area contributed by atoms with Crippen LogP contribution in [0.3, 0.4) is 0 Å². The number of carboxylic acid groups (broad SMARTS) is 1. The van der Waals surface area contributed by atoms with Crippen molar-refractivity contribution in [3.05, 3.63) is 39.5 Å². The van der Waals surface area contributed by atoms with Gasteiger partial charge in [-0.1, -0.05) is 5.16 Å². The Morgan fingerprint density at radius 3 is 2.92 bits per heavy atom. The molecular formula is C14H13N3O7S. The van der Waals surface area contributed by atoms with Crippen LogP contribution < -0.4 is 5.43 Å². The minimum Gasteiger partial charge on any atom is -0.503 e. The van der Waals surface area contributed by atoms with Crippen molar-refractivity contribution in [3.63, 3.8) is 0 Å². The number of carboxylic acids is 1. The summed E-state index contributed by atoms with van der Waals surface area (Å²) >= 11 is 1.43. The molecule has 3 rings (SSSR count). The van der Waals surface area contributed by atoms with E-state index in [2.05, 4.69) is 5.16 Å². The quantitative estimate of drug-likeness (QED) is 0.284. The fourth-order valence-corrected chi connectivity index (χ4v) is 3.62. The summed E-state index contributed by atoms with van der Waals surface area (Å²) in [6.45, 7) is -0.281. The number of carbonyl (C=O) groups is 2. The van der Waals surface area contributed by atoms with Gasteiger partial charge in [0, 0.05) is 17.4 Å². The fraction of sp³-hybridized carbons (Fsp3) is 0.286. The van der Waals surface area contributed by atoms with Gasteiger partial charge >= 0.3 is 5.97 Å². The summed E-state index contributed by atoms with van der Waals surface area (Å²) in [6.07, 6.45) is 2.33. The van der Waals surface area contributed by atoms with Gasteiger partial charge in [-0.05, 0) is 0 Å². The lowest BCUT2D eigenvalue weighted by Gasteiger charge is -2.43. The minimum atomic E-state index is -1.22. The van der Waals surface area contributed by atoms with Crippen LogP contribution in [0.5, 0.6) is 5.75 Å². The lowest BCUT2D eigenvalue weighted by Crippen LogP contribution is -2.54. The molecule has 0 saturated carbocycles. The molecule has 1 saturated heterocycles. The topological polar surface area (TPSA) is 142 Å². The van der Waals surface area contributed by atoms with E-state index in [1.54, 1.807) is 0 Å². The highest BCUT2D eigenvalue weighted by atomic mass is 32.2. The maximum absolute atomic E-state index is 11.6. The maximum atomic E-state index is 11.6. The predicted octanol–water partition coefficient (Wildman–Crippen LogP) is -0.0625. The number of hydrogen-bond acceptors (Lipinski definition) is 8. The van der Waals surface area contributed by atoms with Crippen LogP contribution in [0, 0.1) is 0 Å². The number of aromatic hydroxyl groups is 1. The number of fused-ring (bicyclic) bond motifs is 1. The van der Waals surface area contributed by atoms with Crippen molar-refractivity contribution in [2.45, 2.75) is 18.4 Å². The summed E-state index contributed by atoms with van der Waals surface area (Å²) < 4.78 is 0.522. The van der Waals surface area contributed by atoms with Crippen molar-refractivity contribution in [2.75, 3.05) is 5.75 Å². The Balaban J connectivity index is 1.72. The molecule has 2 aliphatic heterocycles. The summed E-state index contributed by atoms with van der Waals surface area (Å²) in [6, 6.07) is 0.979. The lowest BCUT2D eigenvalue weighted by molar-refractivity contribution is -0.146. The number of rotatable bonds is 5. The molecule has 11 heteroatoms. The lowest BCUT2D eigenvalue weighted by atomic mass is 10.1. The largest absolute Gasteiger partial charge is 0.503 e. The number of aliphatic carboxylic acids is 1. The van der Waals surface area contributed by atoms with E-state index in [0.717, 1.165) is 12.3 Å². The van der Waals surface area contributed by atoms with E-state index in [1.165, 1.54) is 22.9 Å². The Kier molecular flexibility index (Phi) is 4.40. The summed E-state index contributed by atoms with van der Waals surface area (Å²) in [5.41, 5.74) is -0.428. The second kappa shape index (κ2) is 6.51. The first kappa shape index (κ1) is 16.9. The zero-order valence-electron chi connectivity index (χ0n) is 12.7. The number of nitrogens with zero attached hydrogens (tertiary/aromatic N) is 3. The van der Waals surface area contributed by atoms with Crippen molar-refractivity contribution in [3.8, 4) is 5.75 Å². The molecule has 1 aromatic rings. The number of amides is 1. The van der Waals surface area contributed by atoms with Gasteiger partial charge in [0.1, 0.15) is 11.4 Å². The molecule has 132 valence electrons. The average Bonchev–Trinajstić information content (AvgIpc) is 2.55. The minimum absolute atomic E-state index is 0.0448. The molecule has 3 heterocycles. The average molecular weight is 367 g/mol. The van der Waals surface area contributed by atoms with Crippen molar-refractivity contribution in [1.29, 1.82) is 0 Å². The highest BCUT2D eigenvalue weighted by Crippen LogP contribution is 2.39. The molecule has 1 amide bonds. The van der Waals surface area contributed by atoms with E-state index < -0.39 is 17.1 Å². The molecule has 0 radical (unpaired) electrons. The van der Waals surface area contributed by atoms with Crippen molar-refractivity contribution >= 4 is 29.9 Å². The molecule has 1 aromatic heterocycles. The summed E-state index contributed by atoms with van der Waals surface area (Å²) in [4.78, 5) is 40.5. The van der Waals surface area contributed by atoms with E-state index in [-0.39, 0.29) is 29.3 Å². The second-order valence-corrected chi connectivity index (χ2v) is 6.45. The molecule has 3 N–H and O–H groups in total. The van der Waals surface area contributed by atoms with Gasteiger partial charge in [0.15, 0.2) is 12.4 Å². The van der Waals surface area contributed by atoms with Crippen LogP contribution in [0.25, 0.3) is 0 Å². The summed E-state index contributed by atoms with van der Waals surface area (Å²) in [5, 5.41) is 31.5. The number of oxime groups is 1. The maximum Gasteiger partial charge on any atom is 0.353 e. The monoisotopic (exact) mass is 367 g/mol. The Labute approximate surface area is 144 Å². The zero-order valence-corrected chi connectivity index (χ0v) is 13.5. The number of thioether (sulfide) groups is 1. The highest BCUT2D eigenvalue weighted by Gasteiger charge is 2.45. The summed E-state index contributed by atoms with van der Waals surface area (Å²) in [5.74, 6) is -1.72. The standard InChI is InChI=1S/C14H13N3O7S/c18-9-1-8(16(23)4-10(9)19)5-24-15-3-7-6-25-12-2-11(20)17(12)13(7)14(21)22/h1,3-4,12,19,23H,2,5-6H2,(H,21,22). The summed E-state index contributed by atoms with van der Waals surface area (Å²) in [7, 11) is 0. The Morgan fingerprint density at radius 2 is 2.24 bits per heavy atom. The number of carbonyl (C=O) groups excluding carboxylic acids is 1. The molecule has 0 aromatic carbocycles. The molecule has 10 nitrogen and oxygen atoms in total. The van der Waals surface area contributed by atoms with E-state index in [1.807, 2.05) is 0 Å². The molecule has 1 atom stereocenters. The van der Waals surface area contributed by atoms with Gasteiger partial charge in [-0.15, -0.1) is 11.8 Å². The molecule has 0 aliphatic carbocycles. The number of aromatic nitrogens is 1. The van der Waals surface area contributed by atoms with E-state index in [0.29, 0.717) is 22.5 Å². The molecular weight excluding hydrogens is 354 g/mol. The molecule has 25 heavy (non-hydrogen) atoms.